The van der Waals surface area contributed by atoms with Crippen molar-refractivity contribution in [3.05, 3.63) is 34.9 Å². The van der Waals surface area contributed by atoms with E-state index in [0.29, 0.717) is 0 Å². The van der Waals surface area contributed by atoms with Gasteiger partial charge in [-0.1, -0.05) is 36.7 Å². The molecule has 0 aliphatic rings. The molecule has 1 aromatic rings. The molecular formula is C13H20ClN. The van der Waals surface area contributed by atoms with Crippen molar-refractivity contribution >= 4 is 11.6 Å². The highest BCUT2D eigenvalue weighted by Gasteiger charge is 2.19. The van der Waals surface area contributed by atoms with E-state index in [1.807, 2.05) is 18.2 Å². The minimum absolute atomic E-state index is 0.151. The second kappa shape index (κ2) is 5.00. The maximum absolute atomic E-state index is 6.15. The highest BCUT2D eigenvalue weighted by atomic mass is 35.5. The van der Waals surface area contributed by atoms with Gasteiger partial charge in [-0.05, 0) is 38.8 Å². The normalized spacial score (nSPS) is 13.9. The summed E-state index contributed by atoms with van der Waals surface area (Å²) >= 11 is 6.15. The summed E-state index contributed by atoms with van der Waals surface area (Å²) < 4.78 is 0. The van der Waals surface area contributed by atoms with Gasteiger partial charge in [0.1, 0.15) is 0 Å². The standard InChI is InChI=1S/C13H20ClN/c1-5-13(3,4)15-10(2)11-8-6-7-9-12(11)14/h6-10,15H,5H2,1-4H3. The predicted octanol–water partition coefficient (Wildman–Crippen LogP) is 4.18. The zero-order valence-electron chi connectivity index (χ0n) is 9.97. The van der Waals surface area contributed by atoms with Crippen LogP contribution < -0.4 is 5.32 Å². The molecule has 0 fully saturated rings. The quantitative estimate of drug-likeness (QED) is 0.811. The molecule has 0 bridgehead atoms. The lowest BCUT2D eigenvalue weighted by molar-refractivity contribution is 0.338. The molecular weight excluding hydrogens is 206 g/mol. The van der Waals surface area contributed by atoms with Gasteiger partial charge in [-0.25, -0.2) is 0 Å². The van der Waals surface area contributed by atoms with Gasteiger partial charge in [0.15, 0.2) is 0 Å². The zero-order valence-corrected chi connectivity index (χ0v) is 10.7. The van der Waals surface area contributed by atoms with E-state index in [9.17, 15) is 0 Å². The summed E-state index contributed by atoms with van der Waals surface area (Å²) in [6.45, 7) is 8.76. The highest BCUT2D eigenvalue weighted by molar-refractivity contribution is 6.31. The van der Waals surface area contributed by atoms with Crippen molar-refractivity contribution in [3.8, 4) is 0 Å². The first kappa shape index (κ1) is 12.5. The Morgan fingerprint density at radius 1 is 1.33 bits per heavy atom. The van der Waals surface area contributed by atoms with E-state index in [1.165, 1.54) is 5.56 Å². The lowest BCUT2D eigenvalue weighted by Crippen LogP contribution is -2.40. The molecule has 0 aliphatic carbocycles. The fourth-order valence-corrected chi connectivity index (χ4v) is 1.89. The number of hydrogen-bond acceptors (Lipinski definition) is 1. The Morgan fingerprint density at radius 3 is 2.47 bits per heavy atom. The first-order valence-electron chi connectivity index (χ1n) is 5.48. The van der Waals surface area contributed by atoms with E-state index in [-0.39, 0.29) is 11.6 Å². The van der Waals surface area contributed by atoms with Gasteiger partial charge in [-0.2, -0.15) is 0 Å². The Labute approximate surface area is 97.8 Å². The monoisotopic (exact) mass is 225 g/mol. The summed E-state index contributed by atoms with van der Waals surface area (Å²) in [4.78, 5) is 0. The predicted molar refractivity (Wildman–Crippen MR) is 67.4 cm³/mol. The summed E-state index contributed by atoms with van der Waals surface area (Å²) in [5.41, 5.74) is 1.32. The van der Waals surface area contributed by atoms with Crippen LogP contribution in [0, 0.1) is 0 Å². The van der Waals surface area contributed by atoms with Gasteiger partial charge in [0, 0.05) is 16.6 Å². The Bertz CT molecular complexity index is 320. The Kier molecular flexibility index (Phi) is 4.18. The van der Waals surface area contributed by atoms with Gasteiger partial charge in [0.05, 0.1) is 0 Å². The molecule has 1 unspecified atom stereocenters. The molecule has 0 radical (unpaired) electrons. The molecule has 0 aliphatic heterocycles. The summed E-state index contributed by atoms with van der Waals surface area (Å²) in [7, 11) is 0. The average Bonchev–Trinajstić information content (AvgIpc) is 2.17. The molecule has 0 spiro atoms. The van der Waals surface area contributed by atoms with Crippen LogP contribution in [-0.2, 0) is 0 Å². The number of nitrogens with one attached hydrogen (secondary N) is 1. The number of hydrogen-bond donors (Lipinski definition) is 1. The molecule has 0 saturated carbocycles. The van der Waals surface area contributed by atoms with Crippen LogP contribution in [0.1, 0.15) is 45.7 Å². The lowest BCUT2D eigenvalue weighted by atomic mass is 9.98. The van der Waals surface area contributed by atoms with E-state index in [0.717, 1.165) is 11.4 Å². The first-order valence-corrected chi connectivity index (χ1v) is 5.86. The molecule has 1 nitrogen and oxygen atoms in total. The third-order valence-electron chi connectivity index (χ3n) is 2.86. The highest BCUT2D eigenvalue weighted by Crippen LogP contribution is 2.24. The van der Waals surface area contributed by atoms with E-state index >= 15 is 0 Å². The number of rotatable bonds is 4. The number of halogens is 1. The van der Waals surface area contributed by atoms with E-state index in [1.54, 1.807) is 0 Å². The summed E-state index contributed by atoms with van der Waals surface area (Å²) in [6, 6.07) is 8.29. The van der Waals surface area contributed by atoms with E-state index in [4.69, 9.17) is 11.6 Å². The number of benzene rings is 1. The maximum Gasteiger partial charge on any atom is 0.0453 e. The van der Waals surface area contributed by atoms with Gasteiger partial charge in [0.2, 0.25) is 0 Å². The lowest BCUT2D eigenvalue weighted by Gasteiger charge is -2.29. The van der Waals surface area contributed by atoms with Gasteiger partial charge in [0.25, 0.3) is 0 Å². The van der Waals surface area contributed by atoms with Gasteiger partial charge in [-0.3, -0.25) is 0 Å². The second-order valence-electron chi connectivity index (χ2n) is 4.62. The van der Waals surface area contributed by atoms with Crippen molar-refractivity contribution in [2.45, 2.75) is 45.7 Å². The average molecular weight is 226 g/mol. The Balaban J connectivity index is 2.78. The van der Waals surface area contributed by atoms with Crippen molar-refractivity contribution < 1.29 is 0 Å². The molecule has 1 atom stereocenters. The Hall–Kier alpha value is -0.530. The zero-order chi connectivity index (χ0) is 11.5. The van der Waals surface area contributed by atoms with Crippen LogP contribution in [0.25, 0.3) is 0 Å². The first-order chi connectivity index (χ1) is 6.96. The molecule has 0 aromatic heterocycles. The van der Waals surface area contributed by atoms with Crippen LogP contribution in [0.2, 0.25) is 5.02 Å². The second-order valence-corrected chi connectivity index (χ2v) is 5.03. The van der Waals surface area contributed by atoms with Gasteiger partial charge >= 0.3 is 0 Å². The summed E-state index contributed by atoms with van der Waals surface area (Å²) in [6.07, 6.45) is 1.10. The molecule has 15 heavy (non-hydrogen) atoms. The third kappa shape index (κ3) is 3.51. The minimum atomic E-state index is 0.151. The van der Waals surface area contributed by atoms with E-state index < -0.39 is 0 Å². The summed E-state index contributed by atoms with van der Waals surface area (Å²) in [5.74, 6) is 0. The van der Waals surface area contributed by atoms with Crippen LogP contribution in [0.4, 0.5) is 0 Å². The fourth-order valence-electron chi connectivity index (χ4n) is 1.59. The Morgan fingerprint density at radius 2 is 1.93 bits per heavy atom. The molecule has 0 saturated heterocycles. The summed E-state index contributed by atoms with van der Waals surface area (Å²) in [5, 5.41) is 4.42. The molecule has 1 aromatic carbocycles. The topological polar surface area (TPSA) is 12.0 Å². The van der Waals surface area contributed by atoms with Gasteiger partial charge in [-0.15, -0.1) is 0 Å². The molecule has 0 amide bonds. The van der Waals surface area contributed by atoms with Gasteiger partial charge < -0.3 is 5.32 Å². The molecule has 1 N–H and O–H groups in total. The molecule has 84 valence electrons. The largest absolute Gasteiger partial charge is 0.305 e. The molecule has 0 heterocycles. The molecule has 1 rings (SSSR count). The SMILES string of the molecule is CCC(C)(C)NC(C)c1ccccc1Cl. The molecule has 2 heteroatoms. The van der Waals surface area contributed by atoms with Crippen LogP contribution >= 0.6 is 11.6 Å². The smallest absolute Gasteiger partial charge is 0.0453 e. The van der Waals surface area contributed by atoms with E-state index in [2.05, 4.69) is 39.1 Å². The van der Waals surface area contributed by atoms with Crippen LogP contribution in [0.3, 0.4) is 0 Å². The van der Waals surface area contributed by atoms with Crippen molar-refractivity contribution in [3.63, 3.8) is 0 Å². The van der Waals surface area contributed by atoms with Crippen molar-refractivity contribution in [1.82, 2.24) is 5.32 Å². The van der Waals surface area contributed by atoms with Crippen LogP contribution in [-0.4, -0.2) is 5.54 Å². The fraction of sp³-hybridized carbons (Fsp3) is 0.538. The van der Waals surface area contributed by atoms with Crippen LogP contribution in [0.15, 0.2) is 24.3 Å². The van der Waals surface area contributed by atoms with Crippen molar-refractivity contribution in [2.75, 3.05) is 0 Å². The van der Waals surface area contributed by atoms with Crippen molar-refractivity contribution in [1.29, 1.82) is 0 Å². The van der Waals surface area contributed by atoms with Crippen LogP contribution in [0.5, 0.6) is 0 Å². The maximum atomic E-state index is 6.15. The third-order valence-corrected chi connectivity index (χ3v) is 3.21. The van der Waals surface area contributed by atoms with Crippen molar-refractivity contribution in [2.24, 2.45) is 0 Å². The minimum Gasteiger partial charge on any atom is -0.305 e.